The van der Waals surface area contributed by atoms with Gasteiger partial charge in [0.1, 0.15) is 11.5 Å². The summed E-state index contributed by atoms with van der Waals surface area (Å²) in [6, 6.07) is 11.1. The maximum Gasteiger partial charge on any atom is 0.317 e. The predicted molar refractivity (Wildman–Crippen MR) is 84.7 cm³/mol. The maximum absolute atomic E-state index is 11.8. The molecule has 5 nitrogen and oxygen atoms in total. The minimum absolute atomic E-state index is 0.300. The third kappa shape index (κ3) is 4.55. The average Bonchev–Trinajstić information content (AvgIpc) is 2.98. The van der Waals surface area contributed by atoms with Crippen molar-refractivity contribution in [1.82, 2.24) is 10.6 Å². The van der Waals surface area contributed by atoms with Crippen LogP contribution in [0.5, 0.6) is 5.75 Å². The molecule has 0 aliphatic rings. The van der Waals surface area contributed by atoms with Gasteiger partial charge in [-0.25, -0.2) is 4.79 Å². The first-order valence-corrected chi connectivity index (χ1v) is 7.38. The lowest BCUT2D eigenvalue weighted by Crippen LogP contribution is -2.43. The van der Waals surface area contributed by atoms with E-state index in [0.29, 0.717) is 18.2 Å². The molecule has 0 aliphatic heterocycles. The fourth-order valence-electron chi connectivity index (χ4n) is 2.10. The van der Waals surface area contributed by atoms with Gasteiger partial charge in [-0.05, 0) is 36.6 Å². The van der Waals surface area contributed by atoms with Crippen LogP contribution >= 0.6 is 0 Å². The summed E-state index contributed by atoms with van der Waals surface area (Å²) in [5, 5.41) is 5.46. The Bertz CT molecular complexity index is 594. The van der Waals surface area contributed by atoms with Gasteiger partial charge in [-0.1, -0.05) is 32.0 Å². The Morgan fingerprint density at radius 1 is 1.18 bits per heavy atom. The molecular weight excluding hydrogens is 280 g/mol. The molecule has 2 N–H and O–H groups in total. The fraction of sp³-hybridized carbons (Fsp3) is 0.353. The lowest BCUT2D eigenvalue weighted by Gasteiger charge is -2.20. The highest BCUT2D eigenvalue weighted by molar-refractivity contribution is 5.73. The standard InChI is InChI=1S/C17H22N2O3/c1-12(2)15-8-4-5-9-16(15)22-13(3)19-17(20)18-11-14-7-6-10-21-14/h4-10,12-13H,11H2,1-3H3,(H2,18,19,20). The molecule has 1 heterocycles. The van der Waals surface area contributed by atoms with Crippen LogP contribution in [0.4, 0.5) is 4.79 Å². The molecule has 0 bridgehead atoms. The van der Waals surface area contributed by atoms with Crippen LogP contribution in [0.1, 0.15) is 38.0 Å². The van der Waals surface area contributed by atoms with E-state index in [9.17, 15) is 4.79 Å². The van der Waals surface area contributed by atoms with Gasteiger partial charge in [0.25, 0.3) is 0 Å². The number of para-hydroxylation sites is 1. The molecule has 5 heteroatoms. The molecule has 0 radical (unpaired) electrons. The van der Waals surface area contributed by atoms with Crippen molar-refractivity contribution in [1.29, 1.82) is 0 Å². The van der Waals surface area contributed by atoms with Gasteiger partial charge in [0.15, 0.2) is 6.23 Å². The van der Waals surface area contributed by atoms with Crippen molar-refractivity contribution in [2.75, 3.05) is 0 Å². The number of carbonyl (C=O) groups excluding carboxylic acids is 1. The first kappa shape index (κ1) is 15.9. The maximum atomic E-state index is 11.8. The number of urea groups is 1. The highest BCUT2D eigenvalue weighted by atomic mass is 16.5. The predicted octanol–water partition coefficient (Wildman–Crippen LogP) is 3.63. The SMILES string of the molecule is CC(NC(=O)NCc1ccco1)Oc1ccccc1C(C)C. The molecule has 0 spiro atoms. The monoisotopic (exact) mass is 302 g/mol. The highest BCUT2D eigenvalue weighted by Crippen LogP contribution is 2.26. The van der Waals surface area contributed by atoms with Crippen molar-refractivity contribution in [3.63, 3.8) is 0 Å². The number of amides is 2. The van der Waals surface area contributed by atoms with Gasteiger partial charge in [-0.2, -0.15) is 0 Å². The van der Waals surface area contributed by atoms with E-state index in [4.69, 9.17) is 9.15 Å². The van der Waals surface area contributed by atoms with Gasteiger partial charge in [-0.15, -0.1) is 0 Å². The molecule has 2 aromatic rings. The molecule has 2 amide bonds. The zero-order valence-corrected chi connectivity index (χ0v) is 13.1. The molecular formula is C17H22N2O3. The molecule has 0 saturated carbocycles. The van der Waals surface area contributed by atoms with E-state index in [2.05, 4.69) is 24.5 Å². The molecule has 0 aliphatic carbocycles. The number of rotatable bonds is 6. The molecule has 118 valence electrons. The van der Waals surface area contributed by atoms with Crippen LogP contribution in [-0.4, -0.2) is 12.3 Å². The van der Waals surface area contributed by atoms with Crippen LogP contribution in [0.15, 0.2) is 47.1 Å². The third-order valence-electron chi connectivity index (χ3n) is 3.18. The smallest absolute Gasteiger partial charge is 0.317 e. The quantitative estimate of drug-likeness (QED) is 0.801. The largest absolute Gasteiger partial charge is 0.471 e. The Morgan fingerprint density at radius 2 is 1.95 bits per heavy atom. The number of hydrogen-bond donors (Lipinski definition) is 2. The van der Waals surface area contributed by atoms with Gasteiger partial charge in [0.05, 0.1) is 12.8 Å². The summed E-state index contributed by atoms with van der Waals surface area (Å²) in [7, 11) is 0. The second-order valence-corrected chi connectivity index (χ2v) is 5.36. The summed E-state index contributed by atoms with van der Waals surface area (Å²) in [5.41, 5.74) is 1.12. The van der Waals surface area contributed by atoms with E-state index >= 15 is 0 Å². The molecule has 22 heavy (non-hydrogen) atoms. The molecule has 1 aromatic carbocycles. The number of benzene rings is 1. The Kier molecular flexibility index (Phi) is 5.47. The lowest BCUT2D eigenvalue weighted by atomic mass is 10.0. The number of carbonyl (C=O) groups is 1. The van der Waals surface area contributed by atoms with Crippen molar-refractivity contribution in [2.45, 2.75) is 39.5 Å². The molecule has 2 rings (SSSR count). The van der Waals surface area contributed by atoms with E-state index in [1.54, 1.807) is 25.3 Å². The Balaban J connectivity index is 1.84. The summed E-state index contributed by atoms with van der Waals surface area (Å²) >= 11 is 0. The topological polar surface area (TPSA) is 63.5 Å². The summed E-state index contributed by atoms with van der Waals surface area (Å²) in [4.78, 5) is 11.8. The van der Waals surface area contributed by atoms with E-state index in [0.717, 1.165) is 11.3 Å². The first-order valence-electron chi connectivity index (χ1n) is 7.38. The molecule has 1 unspecified atom stereocenters. The zero-order valence-electron chi connectivity index (χ0n) is 13.1. The Labute approximate surface area is 130 Å². The lowest BCUT2D eigenvalue weighted by molar-refractivity contribution is 0.175. The van der Waals surface area contributed by atoms with Crippen molar-refractivity contribution in [3.8, 4) is 5.75 Å². The summed E-state index contributed by atoms with van der Waals surface area (Å²) in [6.45, 7) is 6.35. The van der Waals surface area contributed by atoms with Crippen molar-refractivity contribution in [2.24, 2.45) is 0 Å². The van der Waals surface area contributed by atoms with E-state index < -0.39 is 6.23 Å². The summed E-state index contributed by atoms with van der Waals surface area (Å²) in [6.07, 6.45) is 1.14. The van der Waals surface area contributed by atoms with Gasteiger partial charge in [-0.3, -0.25) is 0 Å². The van der Waals surface area contributed by atoms with Crippen LogP contribution in [0, 0.1) is 0 Å². The third-order valence-corrected chi connectivity index (χ3v) is 3.18. The summed E-state index contributed by atoms with van der Waals surface area (Å²) < 4.78 is 11.0. The molecule has 0 fully saturated rings. The molecule has 1 aromatic heterocycles. The van der Waals surface area contributed by atoms with Crippen LogP contribution in [-0.2, 0) is 6.54 Å². The van der Waals surface area contributed by atoms with Crippen LogP contribution in [0.25, 0.3) is 0 Å². The fourth-order valence-corrected chi connectivity index (χ4v) is 2.10. The van der Waals surface area contributed by atoms with E-state index in [1.165, 1.54) is 0 Å². The van der Waals surface area contributed by atoms with Gasteiger partial charge in [0.2, 0.25) is 0 Å². The first-order chi connectivity index (χ1) is 10.6. The van der Waals surface area contributed by atoms with Crippen molar-refractivity contribution >= 4 is 6.03 Å². The molecule has 1 atom stereocenters. The molecule has 0 saturated heterocycles. The van der Waals surface area contributed by atoms with E-state index in [1.807, 2.05) is 24.3 Å². The number of nitrogens with one attached hydrogen (secondary N) is 2. The van der Waals surface area contributed by atoms with Crippen LogP contribution < -0.4 is 15.4 Å². The van der Waals surface area contributed by atoms with Gasteiger partial charge < -0.3 is 19.8 Å². The summed E-state index contributed by atoms with van der Waals surface area (Å²) in [5.74, 6) is 1.85. The zero-order chi connectivity index (χ0) is 15.9. The average molecular weight is 302 g/mol. The minimum Gasteiger partial charge on any atom is -0.471 e. The Hall–Kier alpha value is -2.43. The van der Waals surface area contributed by atoms with Gasteiger partial charge in [0, 0.05) is 0 Å². The number of ether oxygens (including phenoxy) is 1. The second-order valence-electron chi connectivity index (χ2n) is 5.36. The number of furan rings is 1. The highest BCUT2D eigenvalue weighted by Gasteiger charge is 2.12. The van der Waals surface area contributed by atoms with Crippen molar-refractivity contribution < 1.29 is 13.9 Å². The van der Waals surface area contributed by atoms with Crippen LogP contribution in [0.3, 0.4) is 0 Å². The second kappa shape index (κ2) is 7.54. The number of hydrogen-bond acceptors (Lipinski definition) is 3. The van der Waals surface area contributed by atoms with Crippen molar-refractivity contribution in [3.05, 3.63) is 54.0 Å². The van der Waals surface area contributed by atoms with Gasteiger partial charge >= 0.3 is 6.03 Å². The normalized spacial score (nSPS) is 12.0. The van der Waals surface area contributed by atoms with Crippen LogP contribution in [0.2, 0.25) is 0 Å². The van der Waals surface area contributed by atoms with E-state index in [-0.39, 0.29) is 6.03 Å². The minimum atomic E-state index is -0.434. The Morgan fingerprint density at radius 3 is 2.64 bits per heavy atom.